The number of para-hydroxylation sites is 1. The van der Waals surface area contributed by atoms with Crippen molar-refractivity contribution in [3.05, 3.63) is 29.8 Å². The molecule has 0 amide bonds. The van der Waals surface area contributed by atoms with Crippen molar-refractivity contribution in [1.29, 1.82) is 5.26 Å². The van der Waals surface area contributed by atoms with Crippen molar-refractivity contribution in [2.45, 2.75) is 19.4 Å². The van der Waals surface area contributed by atoms with Crippen LogP contribution in [0.1, 0.15) is 19.4 Å². The lowest BCUT2D eigenvalue weighted by Crippen LogP contribution is -2.42. The van der Waals surface area contributed by atoms with E-state index in [4.69, 9.17) is 9.47 Å². The van der Waals surface area contributed by atoms with Gasteiger partial charge in [-0.15, -0.1) is 0 Å². The molecule has 0 bridgehead atoms. The Morgan fingerprint density at radius 3 is 3.00 bits per heavy atom. The molecule has 2 unspecified atom stereocenters. The predicted molar refractivity (Wildman–Crippen MR) is 60.0 cm³/mol. The zero-order valence-electron chi connectivity index (χ0n) is 9.56. The number of fused-ring (bicyclic) bond motifs is 1. The number of benzene rings is 1. The van der Waals surface area contributed by atoms with Crippen molar-refractivity contribution in [3.8, 4) is 11.8 Å². The summed E-state index contributed by atoms with van der Waals surface area (Å²) < 4.78 is 11.3. The van der Waals surface area contributed by atoms with Gasteiger partial charge in [-0.25, -0.2) is 0 Å². The van der Waals surface area contributed by atoms with Crippen LogP contribution in [-0.2, 0) is 10.3 Å². The van der Waals surface area contributed by atoms with Crippen LogP contribution in [-0.4, -0.2) is 13.2 Å². The molecule has 0 aliphatic carbocycles. The lowest BCUT2D eigenvalue weighted by atomic mass is 9.81. The molecule has 3 heteroatoms. The van der Waals surface area contributed by atoms with Crippen LogP contribution in [0.2, 0.25) is 0 Å². The molecular formula is C13H15NO2. The molecule has 2 atom stereocenters. The second-order valence-corrected chi connectivity index (χ2v) is 3.99. The molecule has 0 radical (unpaired) electrons. The lowest BCUT2D eigenvalue weighted by molar-refractivity contribution is -0.0641. The van der Waals surface area contributed by atoms with Crippen molar-refractivity contribution in [3.63, 3.8) is 0 Å². The van der Waals surface area contributed by atoms with Crippen LogP contribution >= 0.6 is 0 Å². The zero-order valence-corrected chi connectivity index (χ0v) is 9.56. The maximum Gasteiger partial charge on any atom is 0.188 e. The molecule has 1 aromatic rings. The third kappa shape index (κ3) is 1.46. The van der Waals surface area contributed by atoms with Gasteiger partial charge in [0, 0.05) is 18.1 Å². The first-order chi connectivity index (χ1) is 7.74. The van der Waals surface area contributed by atoms with Gasteiger partial charge in [-0.2, -0.15) is 5.26 Å². The van der Waals surface area contributed by atoms with E-state index in [0.717, 1.165) is 11.3 Å². The summed E-state index contributed by atoms with van der Waals surface area (Å²) in [7, 11) is 0. The van der Waals surface area contributed by atoms with Crippen molar-refractivity contribution in [2.75, 3.05) is 13.2 Å². The van der Waals surface area contributed by atoms with Gasteiger partial charge in [0.05, 0.1) is 6.61 Å². The largest absolute Gasteiger partial charge is 0.493 e. The average molecular weight is 217 g/mol. The normalized spacial score (nSPS) is 27.7. The number of nitrogens with zero attached hydrogens (tertiary/aromatic N) is 1. The maximum absolute atomic E-state index is 9.46. The van der Waals surface area contributed by atoms with Crippen LogP contribution in [0, 0.1) is 17.2 Å². The van der Waals surface area contributed by atoms with E-state index in [1.54, 1.807) is 0 Å². The van der Waals surface area contributed by atoms with Crippen LogP contribution in [0.25, 0.3) is 0 Å². The maximum atomic E-state index is 9.46. The third-order valence-electron chi connectivity index (χ3n) is 3.01. The Hall–Kier alpha value is -1.53. The molecule has 0 saturated carbocycles. The highest BCUT2D eigenvalue weighted by Crippen LogP contribution is 2.42. The molecule has 0 spiro atoms. The van der Waals surface area contributed by atoms with E-state index in [2.05, 4.69) is 6.07 Å². The van der Waals surface area contributed by atoms with Gasteiger partial charge >= 0.3 is 0 Å². The molecule has 3 nitrogen and oxygen atoms in total. The van der Waals surface area contributed by atoms with Gasteiger partial charge in [0.2, 0.25) is 0 Å². The number of nitriles is 1. The van der Waals surface area contributed by atoms with E-state index in [0.29, 0.717) is 13.2 Å². The van der Waals surface area contributed by atoms with E-state index < -0.39 is 5.60 Å². The van der Waals surface area contributed by atoms with E-state index >= 15 is 0 Å². The Bertz CT molecular complexity index is 424. The predicted octanol–water partition coefficient (Wildman–Crippen LogP) is 2.47. The van der Waals surface area contributed by atoms with Crippen LogP contribution in [0.15, 0.2) is 24.3 Å². The van der Waals surface area contributed by atoms with Crippen LogP contribution in [0.3, 0.4) is 0 Å². The Morgan fingerprint density at radius 1 is 1.56 bits per heavy atom. The van der Waals surface area contributed by atoms with Gasteiger partial charge in [0.1, 0.15) is 11.8 Å². The Kier molecular flexibility index (Phi) is 2.84. The highest BCUT2D eigenvalue weighted by molar-refractivity contribution is 5.44. The number of hydrogen-bond donors (Lipinski definition) is 0. The van der Waals surface area contributed by atoms with E-state index in [9.17, 15) is 5.26 Å². The number of hydrogen-bond acceptors (Lipinski definition) is 3. The van der Waals surface area contributed by atoms with Crippen LogP contribution in [0.5, 0.6) is 5.75 Å². The molecule has 1 aliphatic rings. The smallest absolute Gasteiger partial charge is 0.188 e. The summed E-state index contributed by atoms with van der Waals surface area (Å²) in [6.07, 6.45) is 0. The summed E-state index contributed by atoms with van der Waals surface area (Å²) >= 11 is 0. The topological polar surface area (TPSA) is 42.2 Å². The summed E-state index contributed by atoms with van der Waals surface area (Å²) in [4.78, 5) is 0. The quantitative estimate of drug-likeness (QED) is 0.764. The second kappa shape index (κ2) is 4.15. The molecule has 0 saturated heterocycles. The van der Waals surface area contributed by atoms with Crippen molar-refractivity contribution < 1.29 is 9.47 Å². The molecule has 0 aromatic heterocycles. The highest BCUT2D eigenvalue weighted by atomic mass is 16.5. The molecule has 1 heterocycles. The Morgan fingerprint density at radius 2 is 2.31 bits per heavy atom. The zero-order chi connectivity index (χ0) is 11.6. The molecular weight excluding hydrogens is 202 g/mol. The summed E-state index contributed by atoms with van der Waals surface area (Å²) in [6, 6.07) is 9.92. The minimum Gasteiger partial charge on any atom is -0.493 e. The summed E-state index contributed by atoms with van der Waals surface area (Å²) in [6.45, 7) is 4.93. The fourth-order valence-electron chi connectivity index (χ4n) is 2.15. The van der Waals surface area contributed by atoms with Gasteiger partial charge in [-0.05, 0) is 13.0 Å². The van der Waals surface area contributed by atoms with Crippen molar-refractivity contribution in [2.24, 2.45) is 5.92 Å². The SMILES string of the molecule is CCOC1(C#N)c2ccccc2OCC1C. The Labute approximate surface area is 95.6 Å². The standard InChI is InChI=1S/C13H15NO2/c1-3-16-13(9-14)10(2)8-15-12-7-5-4-6-11(12)13/h4-7,10H,3,8H2,1-2H3. The molecule has 1 aliphatic heterocycles. The summed E-state index contributed by atoms with van der Waals surface area (Å²) in [5.41, 5.74) is -0.0121. The minimum atomic E-state index is -0.858. The molecule has 1 aromatic carbocycles. The first kappa shape index (κ1) is 11.0. The lowest BCUT2D eigenvalue weighted by Gasteiger charge is -2.37. The fraction of sp³-hybridized carbons (Fsp3) is 0.462. The average Bonchev–Trinajstić information content (AvgIpc) is 2.33. The van der Waals surface area contributed by atoms with E-state index in [1.165, 1.54) is 0 Å². The Balaban J connectivity index is 2.55. The van der Waals surface area contributed by atoms with Gasteiger partial charge in [0.25, 0.3) is 0 Å². The van der Waals surface area contributed by atoms with Gasteiger partial charge in [0.15, 0.2) is 5.60 Å². The van der Waals surface area contributed by atoms with E-state index in [1.807, 2.05) is 38.1 Å². The first-order valence-electron chi connectivity index (χ1n) is 5.52. The minimum absolute atomic E-state index is 0.0346. The second-order valence-electron chi connectivity index (χ2n) is 3.99. The number of ether oxygens (including phenoxy) is 2. The molecule has 16 heavy (non-hydrogen) atoms. The van der Waals surface area contributed by atoms with Crippen LogP contribution in [0.4, 0.5) is 0 Å². The third-order valence-corrected chi connectivity index (χ3v) is 3.01. The van der Waals surface area contributed by atoms with Crippen molar-refractivity contribution in [1.82, 2.24) is 0 Å². The summed E-state index contributed by atoms with van der Waals surface area (Å²) in [5, 5.41) is 9.46. The van der Waals surface area contributed by atoms with Gasteiger partial charge in [-0.1, -0.05) is 25.1 Å². The number of rotatable bonds is 2. The van der Waals surface area contributed by atoms with E-state index in [-0.39, 0.29) is 5.92 Å². The van der Waals surface area contributed by atoms with Crippen LogP contribution < -0.4 is 4.74 Å². The molecule has 0 fully saturated rings. The fourth-order valence-corrected chi connectivity index (χ4v) is 2.15. The monoisotopic (exact) mass is 217 g/mol. The first-order valence-corrected chi connectivity index (χ1v) is 5.52. The van der Waals surface area contributed by atoms with Crippen molar-refractivity contribution >= 4 is 0 Å². The molecule has 84 valence electrons. The van der Waals surface area contributed by atoms with Gasteiger partial charge in [-0.3, -0.25) is 0 Å². The molecule has 2 rings (SSSR count). The molecule has 0 N–H and O–H groups in total. The van der Waals surface area contributed by atoms with Gasteiger partial charge < -0.3 is 9.47 Å². The summed E-state index contributed by atoms with van der Waals surface area (Å²) in [5.74, 6) is 0.794. The highest BCUT2D eigenvalue weighted by Gasteiger charge is 2.44.